The molecular formula is C14H27NO. The molecular weight excluding hydrogens is 198 g/mol. The van der Waals surface area contributed by atoms with E-state index in [1.165, 1.54) is 44.1 Å². The van der Waals surface area contributed by atoms with Crippen LogP contribution in [-0.2, 0) is 4.79 Å². The first-order valence-electron chi connectivity index (χ1n) is 6.61. The SMILES string of the molecule is CCCCCCCCC(CC)=C(C)C(N)=O. The van der Waals surface area contributed by atoms with E-state index in [4.69, 9.17) is 5.73 Å². The predicted octanol–water partition coefficient (Wildman–Crippen LogP) is 3.95. The molecule has 0 atom stereocenters. The van der Waals surface area contributed by atoms with Gasteiger partial charge in [-0.15, -0.1) is 0 Å². The maximum atomic E-state index is 11.0. The fourth-order valence-corrected chi connectivity index (χ4v) is 1.92. The van der Waals surface area contributed by atoms with Gasteiger partial charge in [-0.2, -0.15) is 0 Å². The number of unbranched alkanes of at least 4 members (excludes halogenated alkanes) is 5. The summed E-state index contributed by atoms with van der Waals surface area (Å²) < 4.78 is 0. The molecule has 2 N–H and O–H groups in total. The molecule has 94 valence electrons. The lowest BCUT2D eigenvalue weighted by Crippen LogP contribution is -2.13. The van der Waals surface area contributed by atoms with Crippen LogP contribution in [-0.4, -0.2) is 5.91 Å². The van der Waals surface area contributed by atoms with Gasteiger partial charge in [-0.3, -0.25) is 4.79 Å². The first kappa shape index (κ1) is 15.2. The molecule has 0 aliphatic rings. The van der Waals surface area contributed by atoms with Gasteiger partial charge in [-0.05, 0) is 26.2 Å². The monoisotopic (exact) mass is 225 g/mol. The van der Waals surface area contributed by atoms with E-state index < -0.39 is 0 Å². The normalized spacial score (nSPS) is 12.4. The Kier molecular flexibility index (Phi) is 8.97. The highest BCUT2D eigenvalue weighted by atomic mass is 16.1. The van der Waals surface area contributed by atoms with Crippen LogP contribution >= 0.6 is 0 Å². The van der Waals surface area contributed by atoms with E-state index in [1.54, 1.807) is 0 Å². The minimum atomic E-state index is -0.261. The average Bonchev–Trinajstić information content (AvgIpc) is 2.27. The lowest BCUT2D eigenvalue weighted by molar-refractivity contribution is -0.114. The van der Waals surface area contributed by atoms with Crippen LogP contribution in [0.3, 0.4) is 0 Å². The molecule has 0 fully saturated rings. The number of allylic oxidation sites excluding steroid dienone is 1. The molecule has 0 aromatic carbocycles. The maximum Gasteiger partial charge on any atom is 0.244 e. The van der Waals surface area contributed by atoms with Gasteiger partial charge in [0.15, 0.2) is 0 Å². The molecule has 0 rings (SSSR count). The third kappa shape index (κ3) is 6.65. The summed E-state index contributed by atoms with van der Waals surface area (Å²) in [4.78, 5) is 11.0. The van der Waals surface area contributed by atoms with Gasteiger partial charge in [-0.25, -0.2) is 0 Å². The van der Waals surface area contributed by atoms with Gasteiger partial charge in [0, 0.05) is 5.57 Å². The Morgan fingerprint density at radius 2 is 1.56 bits per heavy atom. The molecule has 1 amide bonds. The molecule has 0 heterocycles. The Morgan fingerprint density at radius 3 is 2.06 bits per heavy atom. The molecule has 0 spiro atoms. The molecule has 0 aliphatic heterocycles. The third-order valence-corrected chi connectivity index (χ3v) is 3.16. The zero-order valence-electron chi connectivity index (χ0n) is 11.1. The van der Waals surface area contributed by atoms with Crippen LogP contribution in [0.2, 0.25) is 0 Å². The molecule has 2 nitrogen and oxygen atoms in total. The van der Waals surface area contributed by atoms with Gasteiger partial charge in [0.1, 0.15) is 0 Å². The summed E-state index contributed by atoms with van der Waals surface area (Å²) in [5, 5.41) is 0. The van der Waals surface area contributed by atoms with E-state index in [1.807, 2.05) is 6.92 Å². The van der Waals surface area contributed by atoms with Crippen LogP contribution in [0.5, 0.6) is 0 Å². The fraction of sp³-hybridized carbons (Fsp3) is 0.786. The van der Waals surface area contributed by atoms with Crippen LogP contribution in [0.15, 0.2) is 11.1 Å². The standard InChI is InChI=1S/C14H27NO/c1-4-6-7-8-9-10-11-13(5-2)12(3)14(15)16/h4-11H2,1-3H3,(H2,15,16). The number of carbonyl (C=O) groups excluding carboxylic acids is 1. The van der Waals surface area contributed by atoms with Crippen LogP contribution in [0, 0.1) is 0 Å². The average molecular weight is 225 g/mol. The summed E-state index contributed by atoms with van der Waals surface area (Å²) in [6.45, 7) is 6.17. The smallest absolute Gasteiger partial charge is 0.244 e. The maximum absolute atomic E-state index is 11.0. The number of nitrogens with two attached hydrogens (primary N) is 1. The minimum absolute atomic E-state index is 0.261. The first-order valence-corrected chi connectivity index (χ1v) is 6.61. The number of primary amides is 1. The molecule has 0 aliphatic carbocycles. The summed E-state index contributed by atoms with van der Waals surface area (Å²) in [5.41, 5.74) is 7.30. The Balaban J connectivity index is 3.80. The van der Waals surface area contributed by atoms with Crippen molar-refractivity contribution in [2.45, 2.75) is 72.1 Å². The Morgan fingerprint density at radius 1 is 1.00 bits per heavy atom. The molecule has 0 unspecified atom stereocenters. The highest BCUT2D eigenvalue weighted by Gasteiger charge is 2.05. The van der Waals surface area contributed by atoms with E-state index in [2.05, 4.69) is 13.8 Å². The van der Waals surface area contributed by atoms with Gasteiger partial charge >= 0.3 is 0 Å². The van der Waals surface area contributed by atoms with Crippen LogP contribution in [0.4, 0.5) is 0 Å². The van der Waals surface area contributed by atoms with Gasteiger partial charge in [0.2, 0.25) is 5.91 Å². The molecule has 2 heteroatoms. The highest BCUT2D eigenvalue weighted by Crippen LogP contribution is 2.17. The minimum Gasteiger partial charge on any atom is -0.366 e. The third-order valence-electron chi connectivity index (χ3n) is 3.16. The van der Waals surface area contributed by atoms with Gasteiger partial charge < -0.3 is 5.73 Å². The summed E-state index contributed by atoms with van der Waals surface area (Å²) >= 11 is 0. The van der Waals surface area contributed by atoms with E-state index >= 15 is 0 Å². The van der Waals surface area contributed by atoms with Crippen molar-refractivity contribution in [2.24, 2.45) is 5.73 Å². The molecule has 0 saturated carbocycles. The second-order valence-electron chi connectivity index (χ2n) is 4.46. The zero-order valence-corrected chi connectivity index (χ0v) is 11.1. The lowest BCUT2D eigenvalue weighted by atomic mass is 9.99. The topological polar surface area (TPSA) is 43.1 Å². The number of hydrogen-bond acceptors (Lipinski definition) is 1. The largest absolute Gasteiger partial charge is 0.366 e. The molecule has 16 heavy (non-hydrogen) atoms. The number of rotatable bonds is 9. The van der Waals surface area contributed by atoms with Crippen LogP contribution in [0.1, 0.15) is 72.1 Å². The van der Waals surface area contributed by atoms with Crippen molar-refractivity contribution < 1.29 is 4.79 Å². The van der Waals surface area contributed by atoms with Crippen LogP contribution in [0.25, 0.3) is 0 Å². The summed E-state index contributed by atoms with van der Waals surface area (Å²) in [5.74, 6) is -0.261. The lowest BCUT2D eigenvalue weighted by Gasteiger charge is -2.08. The number of hydrogen-bond donors (Lipinski definition) is 1. The van der Waals surface area contributed by atoms with E-state index in [-0.39, 0.29) is 5.91 Å². The van der Waals surface area contributed by atoms with Crippen molar-refractivity contribution >= 4 is 5.91 Å². The summed E-state index contributed by atoms with van der Waals surface area (Å²) in [6.07, 6.45) is 9.75. The highest BCUT2D eigenvalue weighted by molar-refractivity contribution is 5.92. The van der Waals surface area contributed by atoms with Crippen molar-refractivity contribution in [3.05, 3.63) is 11.1 Å². The fourth-order valence-electron chi connectivity index (χ4n) is 1.92. The van der Waals surface area contributed by atoms with Gasteiger partial charge in [-0.1, -0.05) is 51.5 Å². The Hall–Kier alpha value is -0.790. The molecule has 0 aromatic rings. The molecule has 0 radical (unpaired) electrons. The van der Waals surface area contributed by atoms with E-state index in [0.29, 0.717) is 0 Å². The van der Waals surface area contributed by atoms with Gasteiger partial charge in [0.25, 0.3) is 0 Å². The number of carbonyl (C=O) groups is 1. The Bertz CT molecular complexity index is 231. The second-order valence-corrected chi connectivity index (χ2v) is 4.46. The van der Waals surface area contributed by atoms with Crippen LogP contribution < -0.4 is 5.73 Å². The second kappa shape index (κ2) is 9.44. The molecule has 0 aromatic heterocycles. The molecule has 0 saturated heterocycles. The molecule has 0 bridgehead atoms. The van der Waals surface area contributed by atoms with Crippen molar-refractivity contribution in [3.8, 4) is 0 Å². The quantitative estimate of drug-likeness (QED) is 0.468. The van der Waals surface area contributed by atoms with Crippen molar-refractivity contribution in [3.63, 3.8) is 0 Å². The Labute approximate surface area is 100 Å². The number of amides is 1. The van der Waals surface area contributed by atoms with Crippen molar-refractivity contribution in [2.75, 3.05) is 0 Å². The summed E-state index contributed by atoms with van der Waals surface area (Å²) in [7, 11) is 0. The first-order chi connectivity index (χ1) is 7.63. The van der Waals surface area contributed by atoms with Crippen molar-refractivity contribution in [1.82, 2.24) is 0 Å². The van der Waals surface area contributed by atoms with Crippen molar-refractivity contribution in [1.29, 1.82) is 0 Å². The van der Waals surface area contributed by atoms with E-state index in [0.717, 1.165) is 18.4 Å². The summed E-state index contributed by atoms with van der Waals surface area (Å²) in [6, 6.07) is 0. The zero-order chi connectivity index (χ0) is 12.4. The van der Waals surface area contributed by atoms with Gasteiger partial charge in [0.05, 0.1) is 0 Å². The van der Waals surface area contributed by atoms with E-state index in [9.17, 15) is 4.79 Å². The predicted molar refractivity (Wildman–Crippen MR) is 70.2 cm³/mol.